The molecule has 1 N–H and O–H groups in total. The number of morpholine rings is 1. The lowest BCUT2D eigenvalue weighted by Crippen LogP contribution is -2.43. The van der Waals surface area contributed by atoms with E-state index in [2.05, 4.69) is 6.92 Å². The van der Waals surface area contributed by atoms with E-state index < -0.39 is 17.7 Å². The number of β-amino-alcohol motifs (C(OH)–C–C–N with tert-alkyl or cyclic N) is 1. The molecule has 28 heavy (non-hydrogen) atoms. The fourth-order valence-corrected chi connectivity index (χ4v) is 3.15. The maximum absolute atomic E-state index is 13.4. The Morgan fingerprint density at radius 2 is 1.93 bits per heavy atom. The van der Waals surface area contributed by atoms with Gasteiger partial charge in [0.1, 0.15) is 18.5 Å². The van der Waals surface area contributed by atoms with Crippen molar-refractivity contribution in [1.29, 1.82) is 0 Å². The van der Waals surface area contributed by atoms with Crippen molar-refractivity contribution in [2.24, 2.45) is 0 Å². The average Bonchev–Trinajstić information content (AvgIpc) is 2.69. The molecule has 2 atom stereocenters. The van der Waals surface area contributed by atoms with E-state index in [1.54, 1.807) is 0 Å². The molecule has 0 radical (unpaired) electrons. The zero-order valence-electron chi connectivity index (χ0n) is 15.8. The van der Waals surface area contributed by atoms with E-state index in [1.165, 1.54) is 17.7 Å². The lowest BCUT2D eigenvalue weighted by Gasteiger charge is -2.34. The summed E-state index contributed by atoms with van der Waals surface area (Å²) in [6.07, 6.45) is -0.0258. The van der Waals surface area contributed by atoms with Crippen LogP contribution in [0.5, 0.6) is 5.75 Å². The predicted octanol–water partition coefficient (Wildman–Crippen LogP) is 3.76. The highest BCUT2D eigenvalue weighted by atomic mass is 35.5. The highest BCUT2D eigenvalue weighted by Crippen LogP contribution is 2.24. The van der Waals surface area contributed by atoms with Gasteiger partial charge in [0.15, 0.2) is 11.6 Å². The van der Waals surface area contributed by atoms with Crippen molar-refractivity contribution in [3.8, 4) is 5.75 Å². The first kappa shape index (κ1) is 22.6. The zero-order valence-corrected chi connectivity index (χ0v) is 16.6. The number of halogens is 3. The first-order chi connectivity index (χ1) is 13.0. The molecule has 3 rings (SSSR count). The molecule has 0 bridgehead atoms. The van der Waals surface area contributed by atoms with Crippen LogP contribution in [0.25, 0.3) is 0 Å². The summed E-state index contributed by atoms with van der Waals surface area (Å²) in [4.78, 5) is 2.05. The standard InChI is InChI=1S/C21H25F2NO3.ClH/c1-2-15-3-6-18(7-4-15)27-14-17(25)12-24-9-10-26-21(13-24)16-5-8-19(22)20(23)11-16;/h3-8,11,17,21,25H,2,9-10,12-14H2,1H3;1H. The van der Waals surface area contributed by atoms with Gasteiger partial charge in [0.05, 0.1) is 12.7 Å². The molecule has 7 heteroatoms. The number of aliphatic hydroxyl groups is 1. The number of nitrogens with zero attached hydrogens (tertiary/aromatic N) is 1. The van der Waals surface area contributed by atoms with E-state index in [0.29, 0.717) is 31.8 Å². The van der Waals surface area contributed by atoms with Crippen LogP contribution in [0.4, 0.5) is 8.78 Å². The van der Waals surface area contributed by atoms with Crippen molar-refractivity contribution >= 4 is 12.4 Å². The van der Waals surface area contributed by atoms with E-state index in [4.69, 9.17) is 9.47 Å². The summed E-state index contributed by atoms with van der Waals surface area (Å²) in [5, 5.41) is 10.3. The highest BCUT2D eigenvalue weighted by molar-refractivity contribution is 5.85. The Bertz CT molecular complexity index is 745. The van der Waals surface area contributed by atoms with Crippen LogP contribution in [-0.2, 0) is 11.2 Å². The second-order valence-corrected chi connectivity index (χ2v) is 6.75. The number of aliphatic hydroxyl groups excluding tert-OH is 1. The maximum Gasteiger partial charge on any atom is 0.159 e. The van der Waals surface area contributed by atoms with Crippen molar-refractivity contribution in [1.82, 2.24) is 4.90 Å². The van der Waals surface area contributed by atoms with Crippen LogP contribution in [0.3, 0.4) is 0 Å². The lowest BCUT2D eigenvalue weighted by atomic mass is 10.1. The first-order valence-electron chi connectivity index (χ1n) is 9.24. The molecule has 4 nitrogen and oxygen atoms in total. The molecule has 1 fully saturated rings. The summed E-state index contributed by atoms with van der Waals surface area (Å²) in [5.74, 6) is -1.02. The normalized spacial score (nSPS) is 18.4. The van der Waals surface area contributed by atoms with Gasteiger partial charge in [-0.05, 0) is 41.8 Å². The number of benzene rings is 2. The van der Waals surface area contributed by atoms with Crippen LogP contribution in [0, 0.1) is 11.6 Å². The van der Waals surface area contributed by atoms with Crippen molar-refractivity contribution in [3.05, 3.63) is 65.2 Å². The fourth-order valence-electron chi connectivity index (χ4n) is 3.15. The summed E-state index contributed by atoms with van der Waals surface area (Å²) in [5.41, 5.74) is 1.83. The van der Waals surface area contributed by atoms with Crippen LogP contribution in [0.15, 0.2) is 42.5 Å². The van der Waals surface area contributed by atoms with Crippen LogP contribution in [0.2, 0.25) is 0 Å². The Kier molecular flexibility index (Phi) is 8.63. The molecular formula is C21H26ClF2NO3. The minimum absolute atomic E-state index is 0. The largest absolute Gasteiger partial charge is 0.491 e. The van der Waals surface area contributed by atoms with Crippen molar-refractivity contribution in [2.45, 2.75) is 25.6 Å². The zero-order chi connectivity index (χ0) is 19.2. The number of rotatable bonds is 7. The minimum Gasteiger partial charge on any atom is -0.491 e. The van der Waals surface area contributed by atoms with Gasteiger partial charge in [-0.15, -0.1) is 12.4 Å². The first-order valence-corrected chi connectivity index (χ1v) is 9.24. The fraction of sp³-hybridized carbons (Fsp3) is 0.429. The van der Waals surface area contributed by atoms with E-state index in [-0.39, 0.29) is 25.1 Å². The van der Waals surface area contributed by atoms with Gasteiger partial charge >= 0.3 is 0 Å². The molecular weight excluding hydrogens is 388 g/mol. The quantitative estimate of drug-likeness (QED) is 0.750. The van der Waals surface area contributed by atoms with Gasteiger partial charge in [-0.2, -0.15) is 0 Å². The highest BCUT2D eigenvalue weighted by Gasteiger charge is 2.24. The minimum atomic E-state index is -0.879. The third kappa shape index (κ3) is 6.14. The Morgan fingerprint density at radius 3 is 2.61 bits per heavy atom. The molecule has 154 valence electrons. The maximum atomic E-state index is 13.4. The monoisotopic (exact) mass is 413 g/mol. The molecule has 1 aliphatic rings. The molecule has 0 aliphatic carbocycles. The second kappa shape index (κ2) is 10.7. The van der Waals surface area contributed by atoms with Gasteiger partial charge in [0.2, 0.25) is 0 Å². The summed E-state index contributed by atoms with van der Waals surface area (Å²) >= 11 is 0. The smallest absolute Gasteiger partial charge is 0.159 e. The summed E-state index contributed by atoms with van der Waals surface area (Å²) in [6, 6.07) is 11.6. The Labute approximate surface area is 170 Å². The number of aryl methyl sites for hydroxylation is 1. The molecule has 1 heterocycles. The van der Waals surface area contributed by atoms with E-state index in [9.17, 15) is 13.9 Å². The molecule has 1 aliphatic heterocycles. The third-order valence-electron chi connectivity index (χ3n) is 4.71. The van der Waals surface area contributed by atoms with Crippen molar-refractivity contribution in [2.75, 3.05) is 32.8 Å². The van der Waals surface area contributed by atoms with E-state index >= 15 is 0 Å². The Morgan fingerprint density at radius 1 is 1.18 bits per heavy atom. The van der Waals surface area contributed by atoms with Gasteiger partial charge in [-0.1, -0.05) is 25.1 Å². The molecule has 0 amide bonds. The van der Waals surface area contributed by atoms with Gasteiger partial charge in [-0.3, -0.25) is 4.90 Å². The van der Waals surface area contributed by atoms with Crippen LogP contribution in [0.1, 0.15) is 24.2 Å². The van der Waals surface area contributed by atoms with Gasteiger partial charge in [-0.25, -0.2) is 8.78 Å². The number of ether oxygens (including phenoxy) is 2. The molecule has 2 aromatic carbocycles. The number of hydrogen-bond acceptors (Lipinski definition) is 4. The molecule has 0 aromatic heterocycles. The lowest BCUT2D eigenvalue weighted by molar-refractivity contribution is -0.0460. The SMILES string of the molecule is CCc1ccc(OCC(O)CN2CCOC(c3ccc(F)c(F)c3)C2)cc1.Cl. The van der Waals surface area contributed by atoms with E-state index in [1.807, 2.05) is 29.2 Å². The molecule has 2 unspecified atom stereocenters. The second-order valence-electron chi connectivity index (χ2n) is 6.75. The van der Waals surface area contributed by atoms with E-state index in [0.717, 1.165) is 18.2 Å². The topological polar surface area (TPSA) is 41.9 Å². The van der Waals surface area contributed by atoms with Crippen LogP contribution in [-0.4, -0.2) is 49.0 Å². The molecule has 1 saturated heterocycles. The van der Waals surface area contributed by atoms with Crippen LogP contribution >= 0.6 is 12.4 Å². The van der Waals surface area contributed by atoms with Crippen molar-refractivity contribution in [3.63, 3.8) is 0 Å². The average molecular weight is 414 g/mol. The molecule has 0 spiro atoms. The summed E-state index contributed by atoms with van der Waals surface area (Å²) < 4.78 is 37.9. The van der Waals surface area contributed by atoms with Gasteiger partial charge in [0, 0.05) is 19.6 Å². The Balaban J connectivity index is 0.00000280. The van der Waals surface area contributed by atoms with Gasteiger partial charge < -0.3 is 14.6 Å². The molecule has 2 aromatic rings. The predicted molar refractivity (Wildman–Crippen MR) is 106 cm³/mol. The number of hydrogen-bond donors (Lipinski definition) is 1. The summed E-state index contributed by atoms with van der Waals surface area (Å²) in [6.45, 7) is 4.36. The van der Waals surface area contributed by atoms with Crippen LogP contribution < -0.4 is 4.74 Å². The molecule has 0 saturated carbocycles. The third-order valence-corrected chi connectivity index (χ3v) is 4.71. The Hall–Kier alpha value is -1.73. The summed E-state index contributed by atoms with van der Waals surface area (Å²) in [7, 11) is 0. The van der Waals surface area contributed by atoms with Crippen molar-refractivity contribution < 1.29 is 23.4 Å². The van der Waals surface area contributed by atoms with Gasteiger partial charge in [0.25, 0.3) is 0 Å².